The lowest BCUT2D eigenvalue weighted by Gasteiger charge is -2.32. The molecule has 150 valence electrons. The first kappa shape index (κ1) is 19.1. The van der Waals surface area contributed by atoms with Gasteiger partial charge in [-0.3, -0.25) is 14.6 Å². The lowest BCUT2D eigenvalue weighted by molar-refractivity contribution is -0.146. The molecule has 0 bridgehead atoms. The number of aliphatic imine (C=N–C) groups is 1. The van der Waals surface area contributed by atoms with Crippen LogP contribution in [0.2, 0.25) is 0 Å². The molecule has 7 heteroatoms. The van der Waals surface area contributed by atoms with E-state index in [4.69, 9.17) is 4.74 Å². The van der Waals surface area contributed by atoms with Crippen LogP contribution in [0, 0.1) is 11.7 Å². The second-order valence-electron chi connectivity index (χ2n) is 7.25. The molecule has 6 nitrogen and oxygen atoms in total. The van der Waals surface area contributed by atoms with Crippen LogP contribution in [0.3, 0.4) is 0 Å². The lowest BCUT2D eigenvalue weighted by Crippen LogP contribution is -2.37. The summed E-state index contributed by atoms with van der Waals surface area (Å²) in [6.45, 7) is 1.19. The number of hydrogen-bond donors (Lipinski definition) is 1. The summed E-state index contributed by atoms with van der Waals surface area (Å²) < 4.78 is 19.5. The van der Waals surface area contributed by atoms with E-state index in [1.807, 2.05) is 29.2 Å². The van der Waals surface area contributed by atoms with Gasteiger partial charge in [-0.05, 0) is 36.6 Å². The van der Waals surface area contributed by atoms with Crippen LogP contribution in [0.1, 0.15) is 24.3 Å². The predicted octanol–water partition coefficient (Wildman–Crippen LogP) is 3.65. The quantitative estimate of drug-likeness (QED) is 0.634. The minimum absolute atomic E-state index is 0.122. The van der Waals surface area contributed by atoms with Gasteiger partial charge in [-0.2, -0.15) is 0 Å². The van der Waals surface area contributed by atoms with Crippen molar-refractivity contribution in [2.75, 3.05) is 30.4 Å². The summed E-state index contributed by atoms with van der Waals surface area (Å²) in [5, 5.41) is 2.82. The van der Waals surface area contributed by atoms with Gasteiger partial charge in [0.2, 0.25) is 5.91 Å². The Labute approximate surface area is 168 Å². The van der Waals surface area contributed by atoms with Crippen molar-refractivity contribution in [1.82, 2.24) is 0 Å². The summed E-state index contributed by atoms with van der Waals surface area (Å²) in [6.07, 6.45) is 2.84. The van der Waals surface area contributed by atoms with E-state index in [0.717, 1.165) is 11.3 Å². The Hall–Kier alpha value is -3.22. The fourth-order valence-electron chi connectivity index (χ4n) is 3.90. The largest absolute Gasteiger partial charge is 0.469 e. The Morgan fingerprint density at radius 3 is 2.72 bits per heavy atom. The highest BCUT2D eigenvalue weighted by Gasteiger charge is 2.29. The number of carbonyl (C=O) groups excluding carboxylic acids is 2. The number of anilines is 2. The van der Waals surface area contributed by atoms with Crippen LogP contribution in [0.5, 0.6) is 0 Å². The number of carbonyl (C=O) groups is 2. The second-order valence-corrected chi connectivity index (χ2v) is 7.25. The van der Waals surface area contributed by atoms with E-state index in [1.54, 1.807) is 18.3 Å². The topological polar surface area (TPSA) is 71.0 Å². The molecule has 1 unspecified atom stereocenters. The van der Waals surface area contributed by atoms with E-state index in [-0.39, 0.29) is 23.6 Å². The molecule has 1 amide bonds. The minimum Gasteiger partial charge on any atom is -0.469 e. The summed E-state index contributed by atoms with van der Waals surface area (Å²) in [5.41, 5.74) is 2.60. The Morgan fingerprint density at radius 2 is 2.00 bits per heavy atom. The first-order valence-electron chi connectivity index (χ1n) is 9.63. The van der Waals surface area contributed by atoms with Crippen LogP contribution >= 0.6 is 0 Å². The third kappa shape index (κ3) is 3.85. The van der Waals surface area contributed by atoms with E-state index < -0.39 is 5.92 Å². The van der Waals surface area contributed by atoms with Gasteiger partial charge in [-0.25, -0.2) is 4.39 Å². The first-order valence-corrected chi connectivity index (χ1v) is 9.63. The Bertz CT molecular complexity index is 968. The van der Waals surface area contributed by atoms with Crippen LogP contribution < -0.4 is 10.2 Å². The van der Waals surface area contributed by atoms with Gasteiger partial charge >= 0.3 is 5.97 Å². The molecule has 1 fully saturated rings. The highest BCUT2D eigenvalue weighted by molar-refractivity contribution is 6.12. The molecule has 0 aliphatic carbocycles. The summed E-state index contributed by atoms with van der Waals surface area (Å²) >= 11 is 0. The third-order valence-electron chi connectivity index (χ3n) is 5.51. The number of piperidine rings is 1. The van der Waals surface area contributed by atoms with Crippen molar-refractivity contribution in [2.24, 2.45) is 10.9 Å². The van der Waals surface area contributed by atoms with Crippen molar-refractivity contribution in [2.45, 2.75) is 18.8 Å². The zero-order chi connectivity index (χ0) is 20.4. The van der Waals surface area contributed by atoms with Crippen LogP contribution in [-0.4, -0.2) is 38.3 Å². The van der Waals surface area contributed by atoms with Crippen molar-refractivity contribution in [3.05, 3.63) is 53.8 Å². The zero-order valence-corrected chi connectivity index (χ0v) is 16.1. The number of hydrogen-bond acceptors (Lipinski definition) is 5. The number of halogens is 1. The van der Waals surface area contributed by atoms with Crippen molar-refractivity contribution in [1.29, 1.82) is 0 Å². The van der Waals surface area contributed by atoms with Gasteiger partial charge in [0, 0.05) is 31.1 Å². The monoisotopic (exact) mass is 395 g/mol. The summed E-state index contributed by atoms with van der Waals surface area (Å²) in [5.74, 6) is -1.31. The Kier molecular flexibility index (Phi) is 5.29. The number of ether oxygens (including phenoxy) is 1. The number of nitrogens with zero attached hydrogens (tertiary/aromatic N) is 2. The fourth-order valence-corrected chi connectivity index (χ4v) is 3.90. The van der Waals surface area contributed by atoms with Crippen molar-refractivity contribution >= 4 is 35.2 Å². The van der Waals surface area contributed by atoms with E-state index in [9.17, 15) is 14.0 Å². The number of rotatable bonds is 4. The number of fused-ring (bicyclic) bond motifs is 1. The van der Waals surface area contributed by atoms with Crippen molar-refractivity contribution < 1.29 is 18.7 Å². The predicted molar refractivity (Wildman–Crippen MR) is 109 cm³/mol. The average Bonchev–Trinajstić information content (AvgIpc) is 3.07. The number of benzene rings is 2. The molecule has 0 aromatic heterocycles. The molecule has 1 saturated heterocycles. The maximum atomic E-state index is 14.7. The molecule has 29 heavy (non-hydrogen) atoms. The number of para-hydroxylation sites is 1. The molecule has 2 aromatic carbocycles. The highest BCUT2D eigenvalue weighted by atomic mass is 19.1. The molecular formula is C22H22FN3O3. The molecule has 2 aromatic rings. The molecule has 1 atom stereocenters. The molecule has 1 N–H and O–H groups in total. The Balaban J connectivity index is 1.45. The molecule has 2 aliphatic rings. The SMILES string of the molecule is COC(=O)C1CCN(c2ccc(N=CC3C(=O)Nc4ccccc43)cc2F)CC1. The minimum atomic E-state index is -0.480. The van der Waals surface area contributed by atoms with Gasteiger partial charge in [0.05, 0.1) is 24.4 Å². The van der Waals surface area contributed by atoms with E-state index >= 15 is 0 Å². The third-order valence-corrected chi connectivity index (χ3v) is 5.51. The zero-order valence-electron chi connectivity index (χ0n) is 16.1. The van der Waals surface area contributed by atoms with Gasteiger partial charge < -0.3 is 15.0 Å². The highest BCUT2D eigenvalue weighted by Crippen LogP contribution is 2.32. The summed E-state index contributed by atoms with van der Waals surface area (Å²) in [7, 11) is 1.39. The van der Waals surface area contributed by atoms with Crippen LogP contribution in [0.25, 0.3) is 0 Å². The van der Waals surface area contributed by atoms with Gasteiger partial charge in [-0.1, -0.05) is 18.2 Å². The summed E-state index contributed by atoms with van der Waals surface area (Å²) in [4.78, 5) is 30.1. The van der Waals surface area contributed by atoms with Gasteiger partial charge in [-0.15, -0.1) is 0 Å². The van der Waals surface area contributed by atoms with E-state index in [1.165, 1.54) is 13.2 Å². The number of esters is 1. The van der Waals surface area contributed by atoms with E-state index in [0.29, 0.717) is 37.3 Å². The van der Waals surface area contributed by atoms with E-state index in [2.05, 4.69) is 10.3 Å². The van der Waals surface area contributed by atoms with Gasteiger partial charge in [0.1, 0.15) is 11.7 Å². The fraction of sp³-hybridized carbons (Fsp3) is 0.318. The summed E-state index contributed by atoms with van der Waals surface area (Å²) in [6, 6.07) is 12.3. The smallest absolute Gasteiger partial charge is 0.308 e. The molecule has 0 spiro atoms. The number of nitrogens with one attached hydrogen (secondary N) is 1. The molecule has 4 rings (SSSR count). The molecule has 0 saturated carbocycles. The molecule has 2 heterocycles. The van der Waals surface area contributed by atoms with Crippen LogP contribution in [-0.2, 0) is 14.3 Å². The first-order chi connectivity index (χ1) is 14.1. The standard InChI is InChI=1S/C22H22FN3O3/c1-29-22(28)14-8-10-26(11-9-14)20-7-6-15(12-18(20)23)24-13-17-16-4-2-3-5-19(16)25-21(17)27/h2-7,12-14,17H,8-11H2,1H3,(H,25,27). The van der Waals surface area contributed by atoms with Crippen molar-refractivity contribution in [3.63, 3.8) is 0 Å². The number of amides is 1. The Morgan fingerprint density at radius 1 is 1.24 bits per heavy atom. The molecular weight excluding hydrogens is 373 g/mol. The molecule has 2 aliphatic heterocycles. The molecule has 0 radical (unpaired) electrons. The maximum absolute atomic E-state index is 14.7. The van der Waals surface area contributed by atoms with Crippen LogP contribution in [0.4, 0.5) is 21.5 Å². The van der Waals surface area contributed by atoms with Gasteiger partial charge in [0.25, 0.3) is 0 Å². The normalized spacial score (nSPS) is 19.3. The average molecular weight is 395 g/mol. The van der Waals surface area contributed by atoms with Gasteiger partial charge in [0.15, 0.2) is 0 Å². The second kappa shape index (κ2) is 8.03. The van der Waals surface area contributed by atoms with Crippen LogP contribution in [0.15, 0.2) is 47.5 Å². The lowest BCUT2D eigenvalue weighted by atomic mass is 9.96. The number of methoxy groups -OCH3 is 1. The maximum Gasteiger partial charge on any atom is 0.308 e. The van der Waals surface area contributed by atoms with Crippen molar-refractivity contribution in [3.8, 4) is 0 Å².